The number of carbonyl (C=O) groups excluding carboxylic acids is 2. The highest BCUT2D eigenvalue weighted by Crippen LogP contribution is 2.36. The number of rotatable bonds is 7. The van der Waals surface area contributed by atoms with E-state index in [0.29, 0.717) is 31.4 Å². The lowest BCUT2D eigenvalue weighted by Crippen LogP contribution is -2.58. The van der Waals surface area contributed by atoms with Crippen LogP contribution < -0.4 is 4.74 Å². The van der Waals surface area contributed by atoms with Crippen molar-refractivity contribution < 1.29 is 23.8 Å². The van der Waals surface area contributed by atoms with Gasteiger partial charge in [-0.15, -0.1) is 0 Å². The van der Waals surface area contributed by atoms with Crippen molar-refractivity contribution in [1.29, 1.82) is 0 Å². The fourth-order valence-electron chi connectivity index (χ4n) is 4.19. The molecule has 1 aromatic carbocycles. The number of aryl methyl sites for hydroxylation is 1. The zero-order valence-electron chi connectivity index (χ0n) is 18.4. The smallest absolute Gasteiger partial charge is 0.331 e. The van der Waals surface area contributed by atoms with Crippen molar-refractivity contribution in [3.8, 4) is 5.75 Å². The van der Waals surface area contributed by atoms with Crippen LogP contribution in [0.1, 0.15) is 49.3 Å². The van der Waals surface area contributed by atoms with Crippen molar-refractivity contribution in [3.63, 3.8) is 0 Å². The molecular weight excluding hydrogens is 370 g/mol. The molecule has 1 saturated carbocycles. The Morgan fingerprint density at radius 3 is 2.38 bits per heavy atom. The van der Waals surface area contributed by atoms with Gasteiger partial charge in [0.25, 0.3) is 0 Å². The molecule has 1 amide bonds. The largest absolute Gasteiger partial charge is 0.496 e. The molecule has 0 atom stereocenters. The SMILES string of the molecule is C/C=C/c1cc(C)c(CC(=O)N(C)C2(C(=O)OC)CCC(OC)CC2)c(OC)c1. The van der Waals surface area contributed by atoms with Crippen LogP contribution in [0.15, 0.2) is 18.2 Å². The molecule has 29 heavy (non-hydrogen) atoms. The third-order valence-corrected chi connectivity index (χ3v) is 6.04. The third-order valence-electron chi connectivity index (χ3n) is 6.04. The molecule has 1 fully saturated rings. The van der Waals surface area contributed by atoms with Crippen LogP contribution in [0, 0.1) is 6.92 Å². The molecule has 0 N–H and O–H groups in total. The summed E-state index contributed by atoms with van der Waals surface area (Å²) in [5, 5.41) is 0. The molecule has 1 aromatic rings. The standard InChI is InChI=1S/C23H33NO5/c1-7-8-17-13-16(2)19(20(14-17)28-5)15-21(25)24(3)23(22(26)29-6)11-9-18(27-4)10-12-23/h7-8,13-14,18H,9-12,15H2,1-6H3/b8-7+. The quantitative estimate of drug-likeness (QED) is 0.652. The first kappa shape index (κ1) is 22.9. The molecular formula is C23H33NO5. The van der Waals surface area contributed by atoms with Crippen LogP contribution in [0.3, 0.4) is 0 Å². The second-order valence-corrected chi connectivity index (χ2v) is 7.61. The molecule has 0 aliphatic heterocycles. The van der Waals surface area contributed by atoms with Crippen molar-refractivity contribution in [1.82, 2.24) is 4.90 Å². The lowest BCUT2D eigenvalue weighted by atomic mass is 9.78. The number of hydrogen-bond donors (Lipinski definition) is 0. The molecule has 1 aliphatic rings. The number of carbonyl (C=O) groups is 2. The van der Waals surface area contributed by atoms with Gasteiger partial charge in [0.05, 0.1) is 26.7 Å². The van der Waals surface area contributed by atoms with Crippen molar-refractivity contribution in [2.45, 2.75) is 57.6 Å². The fourth-order valence-corrected chi connectivity index (χ4v) is 4.19. The molecule has 0 radical (unpaired) electrons. The first-order chi connectivity index (χ1) is 13.8. The minimum Gasteiger partial charge on any atom is -0.496 e. The molecule has 6 heteroatoms. The van der Waals surface area contributed by atoms with Crippen LogP contribution in [0.25, 0.3) is 6.08 Å². The van der Waals surface area contributed by atoms with Crippen LogP contribution in [0.5, 0.6) is 5.75 Å². The van der Waals surface area contributed by atoms with Gasteiger partial charge in [0.1, 0.15) is 11.3 Å². The molecule has 0 saturated heterocycles. The van der Waals surface area contributed by atoms with Crippen LogP contribution >= 0.6 is 0 Å². The van der Waals surface area contributed by atoms with E-state index in [1.165, 1.54) is 7.11 Å². The van der Waals surface area contributed by atoms with Gasteiger partial charge in [-0.1, -0.05) is 18.2 Å². The van der Waals surface area contributed by atoms with Gasteiger partial charge >= 0.3 is 5.97 Å². The van der Waals surface area contributed by atoms with Crippen LogP contribution in [0.4, 0.5) is 0 Å². The number of esters is 1. The highest BCUT2D eigenvalue weighted by molar-refractivity contribution is 5.89. The number of ether oxygens (including phenoxy) is 3. The fraction of sp³-hybridized carbons (Fsp3) is 0.565. The summed E-state index contributed by atoms with van der Waals surface area (Å²) in [6.45, 7) is 3.93. The molecule has 0 heterocycles. The maximum Gasteiger partial charge on any atom is 0.331 e. The van der Waals surface area contributed by atoms with Gasteiger partial charge in [0.2, 0.25) is 5.91 Å². The summed E-state index contributed by atoms with van der Waals surface area (Å²) in [5.74, 6) is 0.177. The Balaban J connectivity index is 2.30. The summed E-state index contributed by atoms with van der Waals surface area (Å²) in [5.41, 5.74) is 1.89. The van der Waals surface area contributed by atoms with Crippen LogP contribution in [0.2, 0.25) is 0 Å². The lowest BCUT2D eigenvalue weighted by Gasteiger charge is -2.43. The molecule has 0 spiro atoms. The number of methoxy groups -OCH3 is 3. The Hall–Kier alpha value is -2.34. The molecule has 0 bridgehead atoms. The minimum absolute atomic E-state index is 0.109. The maximum absolute atomic E-state index is 13.2. The molecule has 160 valence electrons. The van der Waals surface area contributed by atoms with Crippen molar-refractivity contribution in [2.75, 3.05) is 28.4 Å². The first-order valence-corrected chi connectivity index (χ1v) is 10.0. The van der Waals surface area contributed by atoms with E-state index in [1.807, 2.05) is 38.1 Å². The Labute approximate surface area is 173 Å². The van der Waals surface area contributed by atoms with Gasteiger partial charge in [0, 0.05) is 19.7 Å². The first-order valence-electron chi connectivity index (χ1n) is 10.0. The van der Waals surface area contributed by atoms with Gasteiger partial charge in [-0.2, -0.15) is 0 Å². The topological polar surface area (TPSA) is 65.1 Å². The average molecular weight is 404 g/mol. The highest BCUT2D eigenvalue weighted by Gasteiger charge is 2.48. The van der Waals surface area contributed by atoms with Crippen molar-refractivity contribution >= 4 is 18.0 Å². The lowest BCUT2D eigenvalue weighted by molar-refractivity contribution is -0.164. The van der Waals surface area contributed by atoms with E-state index in [-0.39, 0.29) is 24.4 Å². The summed E-state index contributed by atoms with van der Waals surface area (Å²) >= 11 is 0. The van der Waals surface area contributed by atoms with Gasteiger partial charge in [-0.3, -0.25) is 4.79 Å². The molecule has 1 aliphatic carbocycles. The second-order valence-electron chi connectivity index (χ2n) is 7.61. The van der Waals surface area contributed by atoms with E-state index in [1.54, 1.807) is 26.2 Å². The zero-order chi connectivity index (χ0) is 21.6. The van der Waals surface area contributed by atoms with Gasteiger partial charge < -0.3 is 19.1 Å². The number of likely N-dealkylation sites (N-methyl/N-ethyl adjacent to an activating group) is 1. The number of benzene rings is 1. The van der Waals surface area contributed by atoms with Crippen LogP contribution in [-0.2, 0) is 25.5 Å². The van der Waals surface area contributed by atoms with Gasteiger partial charge in [-0.25, -0.2) is 4.79 Å². The maximum atomic E-state index is 13.2. The van der Waals surface area contributed by atoms with Gasteiger partial charge in [0.15, 0.2) is 0 Å². The Morgan fingerprint density at radius 1 is 1.21 bits per heavy atom. The highest BCUT2D eigenvalue weighted by atomic mass is 16.5. The zero-order valence-corrected chi connectivity index (χ0v) is 18.4. The second kappa shape index (κ2) is 9.92. The molecule has 2 rings (SSSR count). The minimum atomic E-state index is -0.951. The molecule has 6 nitrogen and oxygen atoms in total. The number of hydrogen-bond acceptors (Lipinski definition) is 5. The predicted molar refractivity (Wildman–Crippen MR) is 113 cm³/mol. The molecule has 0 unspecified atom stereocenters. The number of nitrogens with zero attached hydrogens (tertiary/aromatic N) is 1. The van der Waals surface area contributed by atoms with Crippen molar-refractivity contribution in [2.24, 2.45) is 0 Å². The van der Waals surface area contributed by atoms with Gasteiger partial charge in [-0.05, 0) is 56.7 Å². The van der Waals surface area contributed by atoms with Crippen LogP contribution in [-0.4, -0.2) is 56.8 Å². The monoisotopic (exact) mass is 403 g/mol. The summed E-state index contributed by atoms with van der Waals surface area (Å²) in [6.07, 6.45) is 6.70. The van der Waals surface area contributed by atoms with E-state index < -0.39 is 5.54 Å². The Morgan fingerprint density at radius 2 is 1.86 bits per heavy atom. The van der Waals surface area contributed by atoms with E-state index in [0.717, 1.165) is 16.7 Å². The van der Waals surface area contributed by atoms with Crippen molar-refractivity contribution in [3.05, 3.63) is 34.9 Å². The summed E-state index contributed by atoms with van der Waals surface area (Å²) in [7, 11) is 6.35. The summed E-state index contributed by atoms with van der Waals surface area (Å²) < 4.78 is 16.1. The van der Waals surface area contributed by atoms with E-state index in [2.05, 4.69) is 0 Å². The number of amides is 1. The van der Waals surface area contributed by atoms with E-state index in [9.17, 15) is 9.59 Å². The number of allylic oxidation sites excluding steroid dienone is 1. The van der Waals surface area contributed by atoms with E-state index in [4.69, 9.17) is 14.2 Å². The average Bonchev–Trinajstić information content (AvgIpc) is 2.74. The summed E-state index contributed by atoms with van der Waals surface area (Å²) in [4.78, 5) is 27.5. The van der Waals surface area contributed by atoms with E-state index >= 15 is 0 Å². The molecule has 0 aromatic heterocycles. The predicted octanol–water partition coefficient (Wildman–Crippen LogP) is 3.54. The summed E-state index contributed by atoms with van der Waals surface area (Å²) in [6, 6.07) is 3.96. The Kier molecular flexibility index (Phi) is 7.85. The normalized spacial score (nSPS) is 21.8. The third kappa shape index (κ3) is 4.81. The Bertz CT molecular complexity index is 763.